The lowest BCUT2D eigenvalue weighted by Gasteiger charge is -2.43. The third-order valence-electron chi connectivity index (χ3n) is 5.05. The number of halogens is 1. The van der Waals surface area contributed by atoms with Gasteiger partial charge in [0, 0.05) is 16.4 Å². The zero-order valence-corrected chi connectivity index (χ0v) is 14.5. The van der Waals surface area contributed by atoms with Gasteiger partial charge in [0.15, 0.2) is 0 Å². The van der Waals surface area contributed by atoms with E-state index in [1.54, 1.807) is 0 Å². The Kier molecular flexibility index (Phi) is 4.91. The molecule has 1 heterocycles. The topological polar surface area (TPSA) is 38.9 Å². The van der Waals surface area contributed by atoms with E-state index in [2.05, 4.69) is 53.8 Å². The van der Waals surface area contributed by atoms with Crippen LogP contribution in [0, 0.1) is 16.7 Å². The van der Waals surface area contributed by atoms with Gasteiger partial charge in [-0.15, -0.1) is 0 Å². The van der Waals surface area contributed by atoms with Gasteiger partial charge in [-0.1, -0.05) is 20.8 Å². The van der Waals surface area contributed by atoms with Crippen LogP contribution < -0.4 is 5.73 Å². The summed E-state index contributed by atoms with van der Waals surface area (Å²) in [6.07, 6.45) is 7.99. The van der Waals surface area contributed by atoms with E-state index in [4.69, 9.17) is 5.73 Å². The minimum Gasteiger partial charge on any atom is -0.330 e. The molecule has 112 valence electrons. The predicted octanol–water partition coefficient (Wildman–Crippen LogP) is 4.57. The second-order valence-corrected chi connectivity index (χ2v) is 8.40. The van der Waals surface area contributed by atoms with Crippen molar-refractivity contribution in [3.63, 3.8) is 0 Å². The average molecular weight is 339 g/mol. The Morgan fingerprint density at radius 3 is 2.40 bits per heavy atom. The fraction of sp³-hybridized carbons (Fsp3) is 0.706. The Bertz CT molecular complexity index is 425. The summed E-state index contributed by atoms with van der Waals surface area (Å²) in [6, 6.07) is 4.20. The minimum absolute atomic E-state index is 0.266. The summed E-state index contributed by atoms with van der Waals surface area (Å²) in [5.74, 6) is 0.833. The lowest BCUT2D eigenvalue weighted by atomic mass is 9.62. The molecule has 0 unspecified atom stereocenters. The number of rotatable bonds is 3. The van der Waals surface area contributed by atoms with Gasteiger partial charge in [-0.05, 0) is 83.5 Å². The van der Waals surface area contributed by atoms with E-state index in [1.807, 2.05) is 6.20 Å². The molecule has 0 aliphatic heterocycles. The summed E-state index contributed by atoms with van der Waals surface area (Å²) in [5, 5.41) is 0. The number of hydrogen-bond acceptors (Lipinski definition) is 2. The van der Waals surface area contributed by atoms with Gasteiger partial charge in [0.1, 0.15) is 0 Å². The molecule has 2 N–H and O–H groups in total. The Balaban J connectivity index is 2.03. The molecule has 1 aromatic heterocycles. The van der Waals surface area contributed by atoms with Crippen LogP contribution in [0.5, 0.6) is 0 Å². The van der Waals surface area contributed by atoms with Crippen molar-refractivity contribution in [1.29, 1.82) is 0 Å². The van der Waals surface area contributed by atoms with E-state index >= 15 is 0 Å². The molecule has 0 saturated heterocycles. The molecule has 1 fully saturated rings. The average Bonchev–Trinajstić information content (AvgIpc) is 2.41. The van der Waals surface area contributed by atoms with Crippen molar-refractivity contribution in [1.82, 2.24) is 4.98 Å². The fourth-order valence-corrected chi connectivity index (χ4v) is 3.68. The highest BCUT2D eigenvalue weighted by Crippen LogP contribution is 2.46. The van der Waals surface area contributed by atoms with Gasteiger partial charge in [-0.2, -0.15) is 0 Å². The van der Waals surface area contributed by atoms with Crippen LogP contribution in [0.4, 0.5) is 0 Å². The molecule has 0 radical (unpaired) electrons. The molecule has 1 aromatic rings. The summed E-state index contributed by atoms with van der Waals surface area (Å²) in [7, 11) is 0. The third-order valence-corrected chi connectivity index (χ3v) is 5.52. The van der Waals surface area contributed by atoms with E-state index in [9.17, 15) is 0 Å². The van der Waals surface area contributed by atoms with Gasteiger partial charge in [-0.25, -0.2) is 0 Å². The summed E-state index contributed by atoms with van der Waals surface area (Å²) in [4.78, 5) is 4.53. The molecule has 0 amide bonds. The third kappa shape index (κ3) is 3.82. The highest BCUT2D eigenvalue weighted by molar-refractivity contribution is 9.10. The largest absolute Gasteiger partial charge is 0.330 e. The molecule has 1 aliphatic carbocycles. The van der Waals surface area contributed by atoms with Crippen LogP contribution in [0.15, 0.2) is 22.8 Å². The van der Waals surface area contributed by atoms with Gasteiger partial charge in [0.05, 0.1) is 0 Å². The van der Waals surface area contributed by atoms with Crippen LogP contribution in [0.3, 0.4) is 0 Å². The van der Waals surface area contributed by atoms with Crippen molar-refractivity contribution >= 4 is 15.9 Å². The molecule has 2 rings (SSSR count). The van der Waals surface area contributed by atoms with Gasteiger partial charge >= 0.3 is 0 Å². The molecule has 1 saturated carbocycles. The van der Waals surface area contributed by atoms with Crippen LogP contribution in [0.2, 0.25) is 0 Å². The first kappa shape index (κ1) is 16.0. The fourth-order valence-electron chi connectivity index (χ4n) is 3.44. The van der Waals surface area contributed by atoms with E-state index in [0.29, 0.717) is 5.41 Å². The van der Waals surface area contributed by atoms with Gasteiger partial charge < -0.3 is 5.73 Å². The molecule has 3 heteroatoms. The normalized spacial score (nSPS) is 27.6. The van der Waals surface area contributed by atoms with Crippen molar-refractivity contribution in [2.45, 2.75) is 52.9 Å². The van der Waals surface area contributed by atoms with Gasteiger partial charge in [0.2, 0.25) is 0 Å². The number of aromatic nitrogens is 1. The second kappa shape index (κ2) is 6.15. The Morgan fingerprint density at radius 2 is 1.95 bits per heavy atom. The molecule has 1 aliphatic rings. The predicted molar refractivity (Wildman–Crippen MR) is 88.5 cm³/mol. The maximum atomic E-state index is 6.13. The van der Waals surface area contributed by atoms with Crippen molar-refractivity contribution < 1.29 is 0 Å². The first-order valence-corrected chi connectivity index (χ1v) is 8.44. The zero-order chi connectivity index (χ0) is 14.8. The van der Waals surface area contributed by atoms with E-state index < -0.39 is 0 Å². The molecule has 2 nitrogen and oxygen atoms in total. The number of nitrogens with two attached hydrogens (primary N) is 1. The lowest BCUT2D eigenvalue weighted by molar-refractivity contribution is 0.0920. The summed E-state index contributed by atoms with van der Waals surface area (Å²) < 4.78 is 1.04. The van der Waals surface area contributed by atoms with Crippen molar-refractivity contribution in [3.05, 3.63) is 28.5 Å². The monoisotopic (exact) mass is 338 g/mol. The number of pyridine rings is 1. The van der Waals surface area contributed by atoms with Crippen LogP contribution in [0.25, 0.3) is 0 Å². The van der Waals surface area contributed by atoms with Gasteiger partial charge in [0.25, 0.3) is 0 Å². The molecule has 20 heavy (non-hydrogen) atoms. The summed E-state index contributed by atoms with van der Waals surface area (Å²) >= 11 is 3.44. The summed E-state index contributed by atoms with van der Waals surface area (Å²) in [5.41, 5.74) is 8.00. The zero-order valence-electron chi connectivity index (χ0n) is 13.0. The highest BCUT2D eigenvalue weighted by atomic mass is 79.9. The standard InChI is InChI=1S/C17H27BrN2/c1-16(2,3)13-6-8-17(12-19,9-7-13)10-15-5-4-14(18)11-20-15/h4-5,11,13H,6-10,12,19H2,1-3H3. The molecule has 0 spiro atoms. The minimum atomic E-state index is 0.266. The Hall–Kier alpha value is -0.410. The molecular weight excluding hydrogens is 312 g/mol. The van der Waals surface area contributed by atoms with E-state index in [1.165, 1.54) is 31.4 Å². The Morgan fingerprint density at radius 1 is 1.30 bits per heavy atom. The molecular formula is C17H27BrN2. The SMILES string of the molecule is CC(C)(C)C1CCC(CN)(Cc2ccc(Br)cn2)CC1. The Labute approximate surface area is 131 Å². The quantitative estimate of drug-likeness (QED) is 0.876. The second-order valence-electron chi connectivity index (χ2n) is 7.49. The molecule has 0 aromatic carbocycles. The van der Waals surface area contributed by atoms with Crippen LogP contribution in [0.1, 0.15) is 52.1 Å². The van der Waals surface area contributed by atoms with Gasteiger partial charge in [-0.3, -0.25) is 4.98 Å². The maximum absolute atomic E-state index is 6.13. The van der Waals surface area contributed by atoms with Crippen molar-refractivity contribution in [2.75, 3.05) is 6.54 Å². The molecule has 0 bridgehead atoms. The number of nitrogens with zero attached hydrogens (tertiary/aromatic N) is 1. The van der Waals surface area contributed by atoms with E-state index in [0.717, 1.165) is 23.4 Å². The van der Waals surface area contributed by atoms with Crippen LogP contribution >= 0.6 is 15.9 Å². The smallest absolute Gasteiger partial charge is 0.0413 e. The first-order chi connectivity index (χ1) is 9.35. The maximum Gasteiger partial charge on any atom is 0.0413 e. The molecule has 0 atom stereocenters. The first-order valence-electron chi connectivity index (χ1n) is 7.65. The van der Waals surface area contributed by atoms with Crippen molar-refractivity contribution in [3.8, 4) is 0 Å². The van der Waals surface area contributed by atoms with E-state index in [-0.39, 0.29) is 5.41 Å². The lowest BCUT2D eigenvalue weighted by Crippen LogP contribution is -2.39. The van der Waals surface area contributed by atoms with Crippen molar-refractivity contribution in [2.24, 2.45) is 22.5 Å². The van der Waals surface area contributed by atoms with Crippen LogP contribution in [-0.2, 0) is 6.42 Å². The number of hydrogen-bond donors (Lipinski definition) is 1. The summed E-state index contributed by atoms with van der Waals surface area (Å²) in [6.45, 7) is 7.87. The highest BCUT2D eigenvalue weighted by Gasteiger charge is 2.38. The van der Waals surface area contributed by atoms with Crippen LogP contribution in [-0.4, -0.2) is 11.5 Å².